The van der Waals surface area contributed by atoms with Crippen LogP contribution in [0, 0.1) is 17.0 Å². The van der Waals surface area contributed by atoms with Gasteiger partial charge in [-0.2, -0.15) is 0 Å². The van der Waals surface area contributed by atoms with Crippen molar-refractivity contribution in [3.05, 3.63) is 27.8 Å². The van der Waals surface area contributed by atoms with Crippen LogP contribution >= 0.6 is 0 Å². The molecule has 0 N–H and O–H groups in total. The van der Waals surface area contributed by atoms with E-state index in [0.29, 0.717) is 0 Å². The Morgan fingerprint density at radius 2 is 1.72 bits per heavy atom. The largest absolute Gasteiger partial charge is 0.427 e. The SMILES string of the molecule is CC(=O)Oc1cc(C)c([N+](=O)[O-])c(OC(C)=O)c1. The number of rotatable bonds is 3. The molecule has 0 aromatic heterocycles. The first-order valence-electron chi connectivity index (χ1n) is 4.97. The van der Waals surface area contributed by atoms with Gasteiger partial charge in [0.2, 0.25) is 5.75 Å². The van der Waals surface area contributed by atoms with E-state index in [0.717, 1.165) is 13.0 Å². The molecule has 0 unspecified atom stereocenters. The van der Waals surface area contributed by atoms with Gasteiger partial charge in [-0.05, 0) is 13.0 Å². The zero-order chi connectivity index (χ0) is 13.9. The van der Waals surface area contributed by atoms with Gasteiger partial charge in [0, 0.05) is 25.5 Å². The Morgan fingerprint density at radius 3 is 2.17 bits per heavy atom. The maximum atomic E-state index is 10.9. The van der Waals surface area contributed by atoms with E-state index in [-0.39, 0.29) is 22.7 Å². The van der Waals surface area contributed by atoms with E-state index < -0.39 is 16.9 Å². The van der Waals surface area contributed by atoms with Gasteiger partial charge in [0.1, 0.15) is 5.75 Å². The van der Waals surface area contributed by atoms with Gasteiger partial charge in [-0.15, -0.1) is 0 Å². The number of nitro groups is 1. The first-order chi connectivity index (χ1) is 8.31. The quantitative estimate of drug-likeness (QED) is 0.352. The predicted molar refractivity (Wildman–Crippen MR) is 60.5 cm³/mol. The molecule has 0 aliphatic rings. The van der Waals surface area contributed by atoms with Gasteiger partial charge in [0.25, 0.3) is 0 Å². The van der Waals surface area contributed by atoms with Crippen molar-refractivity contribution < 1.29 is 24.0 Å². The Morgan fingerprint density at radius 1 is 1.17 bits per heavy atom. The molecule has 0 saturated carbocycles. The van der Waals surface area contributed by atoms with Crippen LogP contribution in [0.15, 0.2) is 12.1 Å². The van der Waals surface area contributed by atoms with Crippen molar-refractivity contribution >= 4 is 17.6 Å². The highest BCUT2D eigenvalue weighted by Crippen LogP contribution is 2.35. The van der Waals surface area contributed by atoms with Crippen LogP contribution in [0.4, 0.5) is 5.69 Å². The summed E-state index contributed by atoms with van der Waals surface area (Å²) in [5.41, 5.74) is -0.101. The van der Waals surface area contributed by atoms with E-state index in [1.165, 1.54) is 19.9 Å². The summed E-state index contributed by atoms with van der Waals surface area (Å²) in [5.74, 6) is -1.43. The molecule has 7 heteroatoms. The molecule has 0 aliphatic heterocycles. The Labute approximate surface area is 102 Å². The third-order valence-corrected chi connectivity index (χ3v) is 1.94. The molecule has 0 amide bonds. The highest BCUT2D eigenvalue weighted by Gasteiger charge is 2.22. The van der Waals surface area contributed by atoms with E-state index >= 15 is 0 Å². The van der Waals surface area contributed by atoms with E-state index in [1.807, 2.05) is 0 Å². The lowest BCUT2D eigenvalue weighted by molar-refractivity contribution is -0.386. The number of esters is 2. The molecule has 18 heavy (non-hydrogen) atoms. The lowest BCUT2D eigenvalue weighted by Gasteiger charge is -2.08. The van der Waals surface area contributed by atoms with E-state index in [2.05, 4.69) is 0 Å². The number of aryl methyl sites for hydroxylation is 1. The summed E-state index contributed by atoms with van der Waals surface area (Å²) in [4.78, 5) is 31.9. The third kappa shape index (κ3) is 3.27. The molecule has 0 heterocycles. The molecule has 0 atom stereocenters. The topological polar surface area (TPSA) is 95.7 Å². The number of benzene rings is 1. The number of carbonyl (C=O) groups excluding carboxylic acids is 2. The zero-order valence-corrected chi connectivity index (χ0v) is 10.1. The molecular formula is C11H11NO6. The Kier molecular flexibility index (Phi) is 3.98. The van der Waals surface area contributed by atoms with Crippen LogP contribution in [0.3, 0.4) is 0 Å². The number of carbonyl (C=O) groups is 2. The second-order valence-electron chi connectivity index (χ2n) is 3.53. The standard InChI is InChI=1S/C11H11NO6/c1-6-4-9(17-7(2)13)5-10(18-8(3)14)11(6)12(15)16/h4-5H,1-3H3. The molecule has 1 aromatic carbocycles. The second kappa shape index (κ2) is 5.26. The summed E-state index contributed by atoms with van der Waals surface area (Å²) >= 11 is 0. The third-order valence-electron chi connectivity index (χ3n) is 1.94. The molecule has 96 valence electrons. The summed E-state index contributed by atoms with van der Waals surface area (Å²) in [6.07, 6.45) is 0. The normalized spacial score (nSPS) is 9.72. The lowest BCUT2D eigenvalue weighted by Crippen LogP contribution is -2.07. The molecule has 1 rings (SSSR count). The van der Waals surface area contributed by atoms with Crippen LogP contribution < -0.4 is 9.47 Å². The molecule has 0 spiro atoms. The summed E-state index contributed by atoms with van der Waals surface area (Å²) in [6, 6.07) is 2.46. The van der Waals surface area contributed by atoms with Crippen LogP contribution in [0.5, 0.6) is 11.5 Å². The van der Waals surface area contributed by atoms with Crippen LogP contribution in [-0.4, -0.2) is 16.9 Å². The molecule has 0 aliphatic carbocycles. The van der Waals surface area contributed by atoms with Crippen molar-refractivity contribution in [1.29, 1.82) is 0 Å². The van der Waals surface area contributed by atoms with Crippen molar-refractivity contribution in [1.82, 2.24) is 0 Å². The van der Waals surface area contributed by atoms with Crippen LogP contribution in [0.1, 0.15) is 19.4 Å². The van der Waals surface area contributed by atoms with Crippen LogP contribution in [0.25, 0.3) is 0 Å². The summed E-state index contributed by atoms with van der Waals surface area (Å²) < 4.78 is 9.54. The zero-order valence-electron chi connectivity index (χ0n) is 10.1. The molecule has 0 fully saturated rings. The molecule has 0 radical (unpaired) electrons. The monoisotopic (exact) mass is 253 g/mol. The maximum absolute atomic E-state index is 10.9. The van der Waals surface area contributed by atoms with E-state index in [4.69, 9.17) is 9.47 Å². The predicted octanol–water partition coefficient (Wildman–Crippen LogP) is 1.75. The Balaban J connectivity index is 3.31. The van der Waals surface area contributed by atoms with Gasteiger partial charge in [-0.3, -0.25) is 19.7 Å². The average Bonchev–Trinajstić information content (AvgIpc) is 2.12. The van der Waals surface area contributed by atoms with Gasteiger partial charge < -0.3 is 9.47 Å². The number of hydrogen-bond acceptors (Lipinski definition) is 6. The lowest BCUT2D eigenvalue weighted by atomic mass is 10.1. The number of nitro benzene ring substituents is 1. The molecule has 7 nitrogen and oxygen atoms in total. The van der Waals surface area contributed by atoms with Gasteiger partial charge >= 0.3 is 17.6 Å². The minimum Gasteiger partial charge on any atom is -0.427 e. The van der Waals surface area contributed by atoms with Crippen molar-refractivity contribution in [2.45, 2.75) is 20.8 Å². The maximum Gasteiger partial charge on any atom is 0.314 e. The Hall–Kier alpha value is -2.44. The minimum atomic E-state index is -0.697. The van der Waals surface area contributed by atoms with E-state index in [1.54, 1.807) is 0 Å². The number of nitrogens with zero attached hydrogens (tertiary/aromatic N) is 1. The fourth-order valence-corrected chi connectivity index (χ4v) is 1.41. The van der Waals surface area contributed by atoms with Crippen molar-refractivity contribution in [3.63, 3.8) is 0 Å². The van der Waals surface area contributed by atoms with Gasteiger partial charge in [-0.1, -0.05) is 0 Å². The molecule has 0 bridgehead atoms. The van der Waals surface area contributed by atoms with Crippen molar-refractivity contribution in [2.75, 3.05) is 0 Å². The highest BCUT2D eigenvalue weighted by molar-refractivity contribution is 5.74. The van der Waals surface area contributed by atoms with Gasteiger partial charge in [0.15, 0.2) is 0 Å². The van der Waals surface area contributed by atoms with Crippen molar-refractivity contribution in [3.8, 4) is 11.5 Å². The number of ether oxygens (including phenoxy) is 2. The fraction of sp³-hybridized carbons (Fsp3) is 0.273. The smallest absolute Gasteiger partial charge is 0.314 e. The van der Waals surface area contributed by atoms with E-state index in [9.17, 15) is 19.7 Å². The minimum absolute atomic E-state index is 0.0850. The van der Waals surface area contributed by atoms with Gasteiger partial charge in [0.05, 0.1) is 4.92 Å². The highest BCUT2D eigenvalue weighted by atomic mass is 16.6. The fourth-order valence-electron chi connectivity index (χ4n) is 1.41. The summed E-state index contributed by atoms with van der Waals surface area (Å²) in [6.45, 7) is 3.78. The average molecular weight is 253 g/mol. The van der Waals surface area contributed by atoms with Crippen molar-refractivity contribution in [2.24, 2.45) is 0 Å². The Bertz CT molecular complexity index is 523. The molecule has 1 aromatic rings. The first-order valence-corrected chi connectivity index (χ1v) is 4.97. The van der Waals surface area contributed by atoms with Crippen LogP contribution in [-0.2, 0) is 9.59 Å². The molecular weight excluding hydrogens is 242 g/mol. The summed E-state index contributed by atoms with van der Waals surface area (Å²) in [5, 5.41) is 10.9. The van der Waals surface area contributed by atoms with Gasteiger partial charge in [-0.25, -0.2) is 0 Å². The number of hydrogen-bond donors (Lipinski definition) is 0. The molecule has 0 saturated heterocycles. The first kappa shape index (κ1) is 13.6. The van der Waals surface area contributed by atoms with Crippen LogP contribution in [0.2, 0.25) is 0 Å². The summed E-state index contributed by atoms with van der Waals surface area (Å²) in [7, 11) is 0. The second-order valence-corrected chi connectivity index (χ2v) is 3.53.